The first-order valence-corrected chi connectivity index (χ1v) is 9.64. The van der Waals surface area contributed by atoms with E-state index in [0.29, 0.717) is 17.1 Å². The first-order valence-electron chi connectivity index (χ1n) is 8.09. The molecule has 0 atom stereocenters. The van der Waals surface area contributed by atoms with Crippen molar-refractivity contribution in [2.45, 2.75) is 24.2 Å². The molecule has 25 heavy (non-hydrogen) atoms. The summed E-state index contributed by atoms with van der Waals surface area (Å²) < 4.78 is 22.9. The van der Waals surface area contributed by atoms with E-state index in [-0.39, 0.29) is 10.8 Å². The van der Waals surface area contributed by atoms with Gasteiger partial charge in [-0.25, -0.2) is 18.5 Å². The van der Waals surface area contributed by atoms with E-state index in [9.17, 15) is 13.2 Å². The maximum Gasteiger partial charge on any atom is 0.259 e. The second kappa shape index (κ2) is 7.20. The van der Waals surface area contributed by atoms with Gasteiger partial charge < -0.3 is 10.2 Å². The van der Waals surface area contributed by atoms with E-state index >= 15 is 0 Å². The van der Waals surface area contributed by atoms with Crippen LogP contribution in [0.4, 0.5) is 11.5 Å². The van der Waals surface area contributed by atoms with Crippen LogP contribution in [0.15, 0.2) is 47.5 Å². The van der Waals surface area contributed by atoms with Gasteiger partial charge in [-0.15, -0.1) is 0 Å². The number of hydrogen-bond acceptors (Lipinski definition) is 5. The number of primary sulfonamides is 1. The molecule has 7 nitrogen and oxygen atoms in total. The highest BCUT2D eigenvalue weighted by Gasteiger charge is 2.20. The van der Waals surface area contributed by atoms with Crippen molar-refractivity contribution in [3.63, 3.8) is 0 Å². The quantitative estimate of drug-likeness (QED) is 0.867. The molecule has 2 heterocycles. The predicted octanol–water partition coefficient (Wildman–Crippen LogP) is 1.97. The summed E-state index contributed by atoms with van der Waals surface area (Å²) in [5.74, 6) is 0.322. The third-order valence-electron chi connectivity index (χ3n) is 4.11. The molecule has 1 fully saturated rings. The molecule has 2 aromatic rings. The van der Waals surface area contributed by atoms with Gasteiger partial charge >= 0.3 is 0 Å². The predicted molar refractivity (Wildman–Crippen MR) is 96.1 cm³/mol. The third-order valence-corrected chi connectivity index (χ3v) is 5.02. The minimum absolute atomic E-state index is 0.0484. The van der Waals surface area contributed by atoms with Gasteiger partial charge in [0.15, 0.2) is 0 Å². The fraction of sp³-hybridized carbons (Fsp3) is 0.294. The molecule has 1 aromatic carbocycles. The fourth-order valence-corrected chi connectivity index (χ4v) is 3.44. The van der Waals surface area contributed by atoms with Gasteiger partial charge in [0.05, 0.1) is 10.5 Å². The van der Waals surface area contributed by atoms with Crippen LogP contribution in [0, 0.1) is 0 Å². The minimum atomic E-state index is -3.82. The number of anilines is 2. The molecule has 0 radical (unpaired) electrons. The van der Waals surface area contributed by atoms with E-state index in [1.165, 1.54) is 24.6 Å². The average Bonchev–Trinajstić information content (AvgIpc) is 2.62. The van der Waals surface area contributed by atoms with E-state index in [1.54, 1.807) is 24.4 Å². The summed E-state index contributed by atoms with van der Waals surface area (Å²) in [7, 11) is -3.82. The maximum atomic E-state index is 12.7. The Morgan fingerprint density at radius 3 is 2.60 bits per heavy atom. The van der Waals surface area contributed by atoms with Gasteiger partial charge in [0.1, 0.15) is 5.82 Å². The van der Waals surface area contributed by atoms with Crippen LogP contribution in [-0.4, -0.2) is 32.4 Å². The highest BCUT2D eigenvalue weighted by molar-refractivity contribution is 7.89. The number of carbonyl (C=O) groups is 1. The van der Waals surface area contributed by atoms with Crippen LogP contribution in [0.5, 0.6) is 0 Å². The van der Waals surface area contributed by atoms with Crippen LogP contribution in [-0.2, 0) is 10.0 Å². The number of amides is 1. The summed E-state index contributed by atoms with van der Waals surface area (Å²) in [6.45, 7) is 1.75. The van der Waals surface area contributed by atoms with Crippen LogP contribution >= 0.6 is 0 Å². The van der Waals surface area contributed by atoms with Crippen molar-refractivity contribution in [2.75, 3.05) is 23.3 Å². The number of nitrogens with zero attached hydrogens (tertiary/aromatic N) is 2. The Bertz CT molecular complexity index is 877. The van der Waals surface area contributed by atoms with Gasteiger partial charge in [-0.05, 0) is 49.6 Å². The first kappa shape index (κ1) is 17.4. The van der Waals surface area contributed by atoms with Gasteiger partial charge in [-0.1, -0.05) is 6.07 Å². The SMILES string of the molecule is NS(=O)(=O)c1cccc(NC(=O)c2cccnc2N2CCCCC2)c1. The normalized spacial score (nSPS) is 15.0. The minimum Gasteiger partial charge on any atom is -0.356 e. The topological polar surface area (TPSA) is 105 Å². The largest absolute Gasteiger partial charge is 0.356 e. The Labute approximate surface area is 146 Å². The molecule has 1 amide bonds. The second-order valence-corrected chi connectivity index (χ2v) is 7.51. The summed E-state index contributed by atoms with van der Waals surface area (Å²) in [4.78, 5) is 19.1. The number of hydrogen-bond donors (Lipinski definition) is 2. The van der Waals surface area contributed by atoms with Crippen LogP contribution in [0.3, 0.4) is 0 Å². The van der Waals surface area contributed by atoms with Crippen molar-refractivity contribution in [3.05, 3.63) is 48.2 Å². The zero-order chi connectivity index (χ0) is 17.9. The molecule has 1 aromatic heterocycles. The number of carbonyl (C=O) groups excluding carboxylic acids is 1. The molecule has 0 spiro atoms. The van der Waals surface area contributed by atoms with Crippen LogP contribution in [0.1, 0.15) is 29.6 Å². The number of aromatic nitrogens is 1. The Balaban J connectivity index is 1.85. The van der Waals surface area contributed by atoms with Crippen molar-refractivity contribution >= 4 is 27.4 Å². The Hall–Kier alpha value is -2.45. The number of sulfonamides is 1. The van der Waals surface area contributed by atoms with Gasteiger partial charge in [0.2, 0.25) is 10.0 Å². The summed E-state index contributed by atoms with van der Waals surface area (Å²) >= 11 is 0. The zero-order valence-corrected chi connectivity index (χ0v) is 14.5. The van der Waals surface area contributed by atoms with Gasteiger partial charge in [-0.2, -0.15) is 0 Å². The molecule has 1 aliphatic heterocycles. The molecule has 3 N–H and O–H groups in total. The Morgan fingerprint density at radius 1 is 1.12 bits per heavy atom. The monoisotopic (exact) mass is 360 g/mol. The lowest BCUT2D eigenvalue weighted by atomic mass is 10.1. The van der Waals surface area contributed by atoms with Crippen molar-refractivity contribution in [1.82, 2.24) is 4.98 Å². The highest BCUT2D eigenvalue weighted by Crippen LogP contribution is 2.23. The zero-order valence-electron chi connectivity index (χ0n) is 13.7. The molecule has 1 aliphatic rings. The fourth-order valence-electron chi connectivity index (χ4n) is 2.88. The Kier molecular flexibility index (Phi) is 5.00. The lowest BCUT2D eigenvalue weighted by Gasteiger charge is -2.29. The van der Waals surface area contributed by atoms with Crippen LogP contribution < -0.4 is 15.4 Å². The van der Waals surface area contributed by atoms with Crippen LogP contribution in [0.2, 0.25) is 0 Å². The lowest BCUT2D eigenvalue weighted by Crippen LogP contribution is -2.32. The molecule has 0 aliphatic carbocycles. The molecule has 8 heteroatoms. The van der Waals surface area contributed by atoms with E-state index in [1.807, 2.05) is 0 Å². The van der Waals surface area contributed by atoms with Gasteiger partial charge in [-0.3, -0.25) is 4.79 Å². The summed E-state index contributed by atoms with van der Waals surface area (Å²) in [6.07, 6.45) is 5.01. The lowest BCUT2D eigenvalue weighted by molar-refractivity contribution is 0.102. The molecule has 132 valence electrons. The van der Waals surface area contributed by atoms with E-state index in [4.69, 9.17) is 5.14 Å². The second-order valence-electron chi connectivity index (χ2n) is 5.95. The molecular weight excluding hydrogens is 340 g/mol. The molecule has 1 saturated heterocycles. The molecule has 3 rings (SSSR count). The standard InChI is InChI=1S/C17H20N4O3S/c18-25(23,24)14-7-4-6-13(12-14)20-17(22)15-8-5-9-19-16(15)21-10-2-1-3-11-21/h4-9,12H,1-3,10-11H2,(H,20,22)(H2,18,23,24). The number of pyridine rings is 1. The van der Waals surface area contributed by atoms with Crippen molar-refractivity contribution < 1.29 is 13.2 Å². The smallest absolute Gasteiger partial charge is 0.259 e. The van der Waals surface area contributed by atoms with Crippen molar-refractivity contribution in [2.24, 2.45) is 5.14 Å². The third kappa shape index (κ3) is 4.15. The van der Waals surface area contributed by atoms with Gasteiger partial charge in [0.25, 0.3) is 5.91 Å². The molecule has 0 saturated carbocycles. The van der Waals surface area contributed by atoms with Crippen molar-refractivity contribution in [3.8, 4) is 0 Å². The number of rotatable bonds is 4. The summed E-state index contributed by atoms with van der Waals surface area (Å²) in [6, 6.07) is 9.30. The van der Waals surface area contributed by atoms with E-state index in [0.717, 1.165) is 25.9 Å². The van der Waals surface area contributed by atoms with Crippen LogP contribution in [0.25, 0.3) is 0 Å². The number of nitrogens with one attached hydrogen (secondary N) is 1. The number of benzene rings is 1. The maximum absolute atomic E-state index is 12.7. The van der Waals surface area contributed by atoms with Gasteiger partial charge in [0, 0.05) is 25.0 Å². The van der Waals surface area contributed by atoms with E-state index < -0.39 is 10.0 Å². The number of nitrogens with two attached hydrogens (primary N) is 1. The summed E-state index contributed by atoms with van der Waals surface area (Å²) in [5, 5.41) is 7.86. The van der Waals surface area contributed by atoms with E-state index in [2.05, 4.69) is 15.2 Å². The first-order chi connectivity index (χ1) is 11.9. The molecule has 0 bridgehead atoms. The highest BCUT2D eigenvalue weighted by atomic mass is 32.2. The average molecular weight is 360 g/mol. The Morgan fingerprint density at radius 2 is 1.88 bits per heavy atom. The van der Waals surface area contributed by atoms with Crippen molar-refractivity contribution in [1.29, 1.82) is 0 Å². The summed E-state index contributed by atoms with van der Waals surface area (Å²) in [5.41, 5.74) is 0.829. The molecule has 0 unspecified atom stereocenters. The molecular formula is C17H20N4O3S. The number of piperidine rings is 1.